The van der Waals surface area contributed by atoms with E-state index in [4.69, 9.17) is 4.74 Å². The maximum absolute atomic E-state index is 14.1. The van der Waals surface area contributed by atoms with Gasteiger partial charge in [0.1, 0.15) is 11.5 Å². The van der Waals surface area contributed by atoms with Gasteiger partial charge in [-0.25, -0.2) is 9.18 Å². The number of hydrogen-bond acceptors (Lipinski definition) is 6. The number of halogens is 1. The third-order valence-corrected chi connectivity index (χ3v) is 7.43. The Bertz CT molecular complexity index is 958. The monoisotopic (exact) mass is 439 g/mol. The van der Waals surface area contributed by atoms with E-state index >= 15 is 0 Å². The van der Waals surface area contributed by atoms with Crippen LogP contribution in [0.3, 0.4) is 0 Å². The van der Waals surface area contributed by atoms with Crippen molar-refractivity contribution in [2.75, 3.05) is 32.8 Å². The Morgan fingerprint density at radius 1 is 1.19 bits per heavy atom. The lowest BCUT2D eigenvalue weighted by Gasteiger charge is -2.48. The molecule has 8 heteroatoms. The second-order valence-electron chi connectivity index (χ2n) is 9.44. The van der Waals surface area contributed by atoms with Crippen molar-refractivity contribution in [1.82, 2.24) is 24.8 Å². The number of carbonyl (C=O) groups is 1. The first-order valence-corrected chi connectivity index (χ1v) is 11.6. The van der Waals surface area contributed by atoms with Crippen molar-refractivity contribution in [3.05, 3.63) is 42.2 Å². The van der Waals surface area contributed by atoms with Crippen LogP contribution in [0.4, 0.5) is 9.18 Å². The number of ether oxygens (including phenoxy) is 1. The van der Waals surface area contributed by atoms with Gasteiger partial charge in [0.25, 0.3) is 0 Å². The van der Waals surface area contributed by atoms with Crippen LogP contribution >= 0.6 is 0 Å². The van der Waals surface area contributed by atoms with Gasteiger partial charge >= 0.3 is 6.09 Å². The van der Waals surface area contributed by atoms with Crippen LogP contribution in [0.1, 0.15) is 50.5 Å². The van der Waals surface area contributed by atoms with Gasteiger partial charge in [0.2, 0.25) is 0 Å². The lowest BCUT2D eigenvalue weighted by Crippen LogP contribution is -2.58. The molecule has 2 saturated heterocycles. The summed E-state index contributed by atoms with van der Waals surface area (Å²) < 4.78 is 19.2. The number of hydrogen-bond donors (Lipinski definition) is 0. The van der Waals surface area contributed by atoms with E-state index in [1.807, 2.05) is 11.8 Å². The fourth-order valence-electron chi connectivity index (χ4n) is 5.86. The summed E-state index contributed by atoms with van der Waals surface area (Å²) in [4.78, 5) is 29.3. The lowest BCUT2D eigenvalue weighted by molar-refractivity contribution is -0.00360. The third-order valence-electron chi connectivity index (χ3n) is 7.43. The molecular weight excluding hydrogens is 409 g/mol. The molecule has 7 nitrogen and oxygen atoms in total. The third kappa shape index (κ3) is 4.08. The Morgan fingerprint density at radius 2 is 2.00 bits per heavy atom. The van der Waals surface area contributed by atoms with Gasteiger partial charge in [0.15, 0.2) is 0 Å². The molecule has 4 heterocycles. The molecule has 2 aromatic rings. The number of pyridine rings is 1. The van der Waals surface area contributed by atoms with Gasteiger partial charge in [-0.1, -0.05) is 0 Å². The zero-order valence-electron chi connectivity index (χ0n) is 18.5. The molecule has 0 bridgehead atoms. The summed E-state index contributed by atoms with van der Waals surface area (Å²) in [5.41, 5.74) is 2.65. The van der Waals surface area contributed by atoms with E-state index in [9.17, 15) is 9.18 Å². The van der Waals surface area contributed by atoms with Gasteiger partial charge in [-0.15, -0.1) is 0 Å². The molecule has 5 rings (SSSR count). The van der Waals surface area contributed by atoms with E-state index < -0.39 is 0 Å². The highest BCUT2D eigenvalue weighted by atomic mass is 19.1. The number of amides is 1. The molecule has 170 valence electrons. The van der Waals surface area contributed by atoms with Crippen molar-refractivity contribution in [2.45, 2.75) is 51.0 Å². The predicted octanol–water partition coefficient (Wildman–Crippen LogP) is 3.87. The fourth-order valence-corrected chi connectivity index (χ4v) is 5.86. The van der Waals surface area contributed by atoms with Crippen molar-refractivity contribution >= 4 is 6.09 Å². The zero-order chi connectivity index (χ0) is 22.1. The SMILES string of the molecule is CCOC(=O)N1CC2(CC[C@H](N3CCC(c4cc(F)cnc4-c4cnccn4)CC3)C2)C1. The molecule has 0 radical (unpaired) electrons. The van der Waals surface area contributed by atoms with E-state index in [0.717, 1.165) is 56.7 Å². The Labute approximate surface area is 188 Å². The van der Waals surface area contributed by atoms with Crippen LogP contribution in [0.25, 0.3) is 11.4 Å². The topological polar surface area (TPSA) is 71.5 Å². The number of nitrogens with zero attached hydrogens (tertiary/aromatic N) is 5. The van der Waals surface area contributed by atoms with Crippen LogP contribution in [0.15, 0.2) is 30.9 Å². The molecule has 0 aromatic carbocycles. The molecule has 1 amide bonds. The van der Waals surface area contributed by atoms with Crippen molar-refractivity contribution in [3.8, 4) is 11.4 Å². The highest BCUT2D eigenvalue weighted by Crippen LogP contribution is 2.48. The zero-order valence-corrected chi connectivity index (χ0v) is 18.5. The van der Waals surface area contributed by atoms with Crippen molar-refractivity contribution in [2.24, 2.45) is 5.41 Å². The Kier molecular flexibility index (Phi) is 5.80. The summed E-state index contributed by atoms with van der Waals surface area (Å²) in [6.45, 7) is 5.94. The highest BCUT2D eigenvalue weighted by Gasteiger charge is 2.51. The second-order valence-corrected chi connectivity index (χ2v) is 9.44. The van der Waals surface area contributed by atoms with Gasteiger partial charge in [-0.2, -0.15) is 0 Å². The van der Waals surface area contributed by atoms with Gasteiger partial charge in [0.05, 0.1) is 24.7 Å². The van der Waals surface area contributed by atoms with Crippen LogP contribution in [0, 0.1) is 11.2 Å². The number of likely N-dealkylation sites (tertiary alicyclic amines) is 2. The first-order chi connectivity index (χ1) is 15.6. The van der Waals surface area contributed by atoms with Gasteiger partial charge < -0.3 is 14.5 Å². The molecule has 1 aliphatic carbocycles. The van der Waals surface area contributed by atoms with Crippen LogP contribution in [-0.4, -0.2) is 69.7 Å². The maximum atomic E-state index is 14.1. The summed E-state index contributed by atoms with van der Waals surface area (Å²) in [6.07, 6.45) is 11.5. The molecular formula is C24H30FN5O2. The van der Waals surface area contributed by atoms with E-state index in [-0.39, 0.29) is 23.2 Å². The molecule has 2 aliphatic heterocycles. The quantitative estimate of drug-likeness (QED) is 0.720. The first-order valence-electron chi connectivity index (χ1n) is 11.6. The van der Waals surface area contributed by atoms with E-state index in [0.29, 0.717) is 18.3 Å². The Hall–Kier alpha value is -2.61. The number of rotatable bonds is 4. The average molecular weight is 440 g/mol. The van der Waals surface area contributed by atoms with Crippen LogP contribution in [0.5, 0.6) is 0 Å². The molecule has 0 N–H and O–H groups in total. The standard InChI is InChI=1S/C24H30FN5O2/c1-2-32-23(31)30-15-24(16-30)6-3-19(12-24)29-9-4-17(5-10-29)20-11-18(25)13-28-22(20)21-14-26-7-8-27-21/h7-8,11,13-14,17,19H,2-6,9-10,12,15-16H2,1H3/t19-/m0/s1. The Morgan fingerprint density at radius 3 is 2.72 bits per heavy atom. The predicted molar refractivity (Wildman–Crippen MR) is 117 cm³/mol. The molecule has 3 aliphatic rings. The normalized spacial score (nSPS) is 23.3. The summed E-state index contributed by atoms with van der Waals surface area (Å²) in [7, 11) is 0. The summed E-state index contributed by atoms with van der Waals surface area (Å²) in [5, 5.41) is 0. The molecule has 2 aromatic heterocycles. The molecule has 32 heavy (non-hydrogen) atoms. The summed E-state index contributed by atoms with van der Waals surface area (Å²) >= 11 is 0. The van der Waals surface area contributed by atoms with Crippen molar-refractivity contribution < 1.29 is 13.9 Å². The smallest absolute Gasteiger partial charge is 0.409 e. The van der Waals surface area contributed by atoms with Crippen molar-refractivity contribution in [1.29, 1.82) is 0 Å². The van der Waals surface area contributed by atoms with E-state index in [2.05, 4.69) is 19.9 Å². The van der Waals surface area contributed by atoms with Crippen LogP contribution < -0.4 is 0 Å². The molecule has 3 fully saturated rings. The van der Waals surface area contributed by atoms with Crippen molar-refractivity contribution in [3.63, 3.8) is 0 Å². The minimum Gasteiger partial charge on any atom is -0.450 e. The second kappa shape index (κ2) is 8.73. The summed E-state index contributed by atoms with van der Waals surface area (Å²) in [6, 6.07) is 2.20. The molecule has 1 saturated carbocycles. The van der Waals surface area contributed by atoms with Crippen LogP contribution in [0.2, 0.25) is 0 Å². The summed E-state index contributed by atoms with van der Waals surface area (Å²) in [5.74, 6) is -0.0335. The average Bonchev–Trinajstić information content (AvgIpc) is 3.25. The molecule has 1 spiro atoms. The van der Waals surface area contributed by atoms with Gasteiger partial charge in [-0.3, -0.25) is 15.0 Å². The Balaban J connectivity index is 1.20. The van der Waals surface area contributed by atoms with Gasteiger partial charge in [0, 0.05) is 36.9 Å². The minimum absolute atomic E-state index is 0.176. The number of aromatic nitrogens is 3. The number of carbonyl (C=O) groups excluding carboxylic acids is 1. The molecule has 1 atom stereocenters. The highest BCUT2D eigenvalue weighted by molar-refractivity contribution is 5.69. The van der Waals surface area contributed by atoms with Crippen LogP contribution in [-0.2, 0) is 4.74 Å². The first kappa shape index (κ1) is 21.2. The largest absolute Gasteiger partial charge is 0.450 e. The number of piperidine rings is 1. The van der Waals surface area contributed by atoms with E-state index in [1.165, 1.54) is 19.0 Å². The van der Waals surface area contributed by atoms with Gasteiger partial charge in [-0.05, 0) is 69.7 Å². The minimum atomic E-state index is -0.302. The lowest BCUT2D eigenvalue weighted by atomic mass is 9.78. The molecule has 0 unspecified atom stereocenters. The van der Waals surface area contributed by atoms with E-state index in [1.54, 1.807) is 24.7 Å². The fraction of sp³-hybridized carbons (Fsp3) is 0.583. The maximum Gasteiger partial charge on any atom is 0.409 e.